The van der Waals surface area contributed by atoms with Gasteiger partial charge >= 0.3 is 0 Å². The van der Waals surface area contributed by atoms with Crippen LogP contribution in [0.5, 0.6) is 11.5 Å². The molecule has 0 radical (unpaired) electrons. The third kappa shape index (κ3) is 4.23. The van der Waals surface area contributed by atoms with Crippen LogP contribution in [0.2, 0.25) is 0 Å². The van der Waals surface area contributed by atoms with Crippen LogP contribution in [-0.4, -0.2) is 60.2 Å². The minimum Gasteiger partial charge on any atom is -0.493 e. The van der Waals surface area contributed by atoms with Crippen LogP contribution in [0.1, 0.15) is 30.5 Å². The zero-order valence-corrected chi connectivity index (χ0v) is 18.3. The lowest BCUT2D eigenvalue weighted by molar-refractivity contribution is 0.286. The highest BCUT2D eigenvalue weighted by molar-refractivity contribution is 7.89. The molecule has 4 rings (SSSR count). The number of ether oxygens (including phenoxy) is 2. The van der Waals surface area contributed by atoms with Crippen LogP contribution in [0.4, 0.5) is 0 Å². The molecule has 1 aliphatic rings. The van der Waals surface area contributed by atoms with Crippen LogP contribution in [0.25, 0.3) is 11.5 Å². The standard InChI is InChI=1S/C20H23N5O5S/c1-13-21-10-15(11-22-13)20-24-23-19(30-20)14-5-4-8-25(12-14)31(26,27)16-6-7-17(28-2)18(9-16)29-3/h6-7,9-11,14H,4-5,8,12H2,1-3H3. The molecule has 164 valence electrons. The van der Waals surface area contributed by atoms with Crippen LogP contribution in [0.15, 0.2) is 39.9 Å². The molecule has 1 atom stereocenters. The summed E-state index contributed by atoms with van der Waals surface area (Å²) in [7, 11) is -0.750. The van der Waals surface area contributed by atoms with Gasteiger partial charge in [-0.25, -0.2) is 18.4 Å². The predicted molar refractivity (Wildman–Crippen MR) is 110 cm³/mol. The van der Waals surface area contributed by atoms with Crippen LogP contribution < -0.4 is 9.47 Å². The van der Waals surface area contributed by atoms with Gasteiger partial charge in [0.2, 0.25) is 15.9 Å². The molecule has 0 bridgehead atoms. The molecule has 11 heteroatoms. The summed E-state index contributed by atoms with van der Waals surface area (Å²) in [6.45, 7) is 2.46. The molecule has 1 aromatic carbocycles. The molecule has 1 fully saturated rings. The zero-order chi connectivity index (χ0) is 22.0. The minimum absolute atomic E-state index is 0.147. The largest absolute Gasteiger partial charge is 0.493 e. The van der Waals surface area contributed by atoms with Crippen molar-refractivity contribution in [2.45, 2.75) is 30.6 Å². The fourth-order valence-electron chi connectivity index (χ4n) is 3.51. The molecule has 10 nitrogen and oxygen atoms in total. The first kappa shape index (κ1) is 21.2. The number of hydrogen-bond acceptors (Lipinski definition) is 9. The smallest absolute Gasteiger partial charge is 0.250 e. The molecular formula is C20H23N5O5S. The van der Waals surface area contributed by atoms with Crippen molar-refractivity contribution in [3.05, 3.63) is 42.3 Å². The van der Waals surface area contributed by atoms with Crippen molar-refractivity contribution in [1.82, 2.24) is 24.5 Å². The molecule has 2 aromatic heterocycles. The Morgan fingerprint density at radius 1 is 1.10 bits per heavy atom. The quantitative estimate of drug-likeness (QED) is 0.563. The highest BCUT2D eigenvalue weighted by atomic mass is 32.2. The average molecular weight is 446 g/mol. The number of aryl methyl sites for hydroxylation is 1. The number of aromatic nitrogens is 4. The Morgan fingerprint density at radius 3 is 2.55 bits per heavy atom. The highest BCUT2D eigenvalue weighted by Crippen LogP contribution is 2.34. The summed E-state index contributed by atoms with van der Waals surface area (Å²) in [5.41, 5.74) is 0.620. The highest BCUT2D eigenvalue weighted by Gasteiger charge is 2.34. The molecule has 1 unspecified atom stereocenters. The monoisotopic (exact) mass is 445 g/mol. The van der Waals surface area contributed by atoms with Crippen molar-refractivity contribution < 1.29 is 22.3 Å². The Balaban J connectivity index is 1.55. The van der Waals surface area contributed by atoms with Crippen LogP contribution in [-0.2, 0) is 10.0 Å². The summed E-state index contributed by atoms with van der Waals surface area (Å²) in [5.74, 6) is 2.00. The van der Waals surface area contributed by atoms with Gasteiger partial charge in [0.1, 0.15) is 5.82 Å². The maximum absolute atomic E-state index is 13.2. The molecule has 0 saturated carbocycles. The second-order valence-corrected chi connectivity index (χ2v) is 9.12. The van der Waals surface area contributed by atoms with Crippen molar-refractivity contribution in [3.8, 4) is 23.0 Å². The van der Waals surface area contributed by atoms with Crippen LogP contribution in [0, 0.1) is 6.92 Å². The van der Waals surface area contributed by atoms with Gasteiger partial charge in [-0.1, -0.05) is 0 Å². The van der Waals surface area contributed by atoms with E-state index in [1.54, 1.807) is 25.4 Å². The first-order chi connectivity index (χ1) is 14.9. The first-order valence-electron chi connectivity index (χ1n) is 9.77. The minimum atomic E-state index is -3.72. The normalized spacial score (nSPS) is 17.5. The van der Waals surface area contributed by atoms with Crippen molar-refractivity contribution in [1.29, 1.82) is 0 Å². The lowest BCUT2D eigenvalue weighted by Crippen LogP contribution is -2.39. The Bertz CT molecular complexity index is 1160. The van der Waals surface area contributed by atoms with Gasteiger partial charge < -0.3 is 13.9 Å². The van der Waals surface area contributed by atoms with E-state index in [0.717, 1.165) is 6.42 Å². The van der Waals surface area contributed by atoms with Gasteiger partial charge in [-0.05, 0) is 31.9 Å². The van der Waals surface area contributed by atoms with Gasteiger partial charge in [-0.15, -0.1) is 10.2 Å². The van der Waals surface area contributed by atoms with E-state index >= 15 is 0 Å². The second kappa shape index (κ2) is 8.60. The maximum Gasteiger partial charge on any atom is 0.250 e. The zero-order valence-electron chi connectivity index (χ0n) is 17.5. The average Bonchev–Trinajstić information content (AvgIpc) is 3.29. The molecule has 0 N–H and O–H groups in total. The number of methoxy groups -OCH3 is 2. The van der Waals surface area contributed by atoms with Crippen LogP contribution >= 0.6 is 0 Å². The Hall–Kier alpha value is -3.05. The topological polar surface area (TPSA) is 121 Å². The molecule has 1 aliphatic heterocycles. The van der Waals surface area contributed by atoms with Gasteiger partial charge in [0.15, 0.2) is 11.5 Å². The number of rotatable bonds is 6. The van der Waals surface area contributed by atoms with Gasteiger partial charge in [-0.3, -0.25) is 0 Å². The number of hydrogen-bond donors (Lipinski definition) is 0. The molecule has 0 amide bonds. The summed E-state index contributed by atoms with van der Waals surface area (Å²) in [4.78, 5) is 8.42. The van der Waals surface area contributed by atoms with Crippen molar-refractivity contribution in [2.24, 2.45) is 0 Å². The number of nitrogens with zero attached hydrogens (tertiary/aromatic N) is 5. The SMILES string of the molecule is COc1ccc(S(=O)(=O)N2CCCC(c3nnc(-c4cnc(C)nc4)o3)C2)cc1OC. The Kier molecular flexibility index (Phi) is 5.88. The maximum atomic E-state index is 13.2. The molecule has 0 aliphatic carbocycles. The summed E-state index contributed by atoms with van der Waals surface area (Å²) < 4.78 is 44.2. The van der Waals surface area contributed by atoms with E-state index in [1.807, 2.05) is 0 Å². The summed E-state index contributed by atoms with van der Waals surface area (Å²) in [6, 6.07) is 4.57. The van der Waals surface area contributed by atoms with Crippen molar-refractivity contribution in [2.75, 3.05) is 27.3 Å². The molecule has 1 saturated heterocycles. The van der Waals surface area contributed by atoms with E-state index in [-0.39, 0.29) is 17.4 Å². The third-order valence-corrected chi connectivity index (χ3v) is 7.06. The van der Waals surface area contributed by atoms with E-state index in [1.165, 1.54) is 30.7 Å². The number of sulfonamides is 1. The Morgan fingerprint density at radius 2 is 1.84 bits per heavy atom. The number of benzene rings is 1. The summed E-state index contributed by atoms with van der Waals surface area (Å²) in [6.07, 6.45) is 4.68. The van der Waals surface area contributed by atoms with Gasteiger partial charge in [0, 0.05) is 31.5 Å². The second-order valence-electron chi connectivity index (χ2n) is 7.18. The molecule has 3 aromatic rings. The van der Waals surface area contributed by atoms with E-state index in [4.69, 9.17) is 13.9 Å². The lowest BCUT2D eigenvalue weighted by atomic mass is 10.00. The molecule has 3 heterocycles. The van der Waals surface area contributed by atoms with E-state index < -0.39 is 10.0 Å². The molecule has 31 heavy (non-hydrogen) atoms. The fourth-order valence-corrected chi connectivity index (χ4v) is 5.05. The molecule has 0 spiro atoms. The van der Waals surface area contributed by atoms with E-state index in [0.29, 0.717) is 47.6 Å². The summed E-state index contributed by atoms with van der Waals surface area (Å²) >= 11 is 0. The van der Waals surface area contributed by atoms with E-state index in [2.05, 4.69) is 20.2 Å². The van der Waals surface area contributed by atoms with E-state index in [9.17, 15) is 8.42 Å². The van der Waals surface area contributed by atoms with Gasteiger partial charge in [0.05, 0.1) is 30.6 Å². The van der Waals surface area contributed by atoms with Gasteiger partial charge in [-0.2, -0.15) is 4.31 Å². The third-order valence-electron chi connectivity index (χ3n) is 5.19. The Labute approximate surface area is 180 Å². The van der Waals surface area contributed by atoms with Crippen molar-refractivity contribution >= 4 is 10.0 Å². The lowest BCUT2D eigenvalue weighted by Gasteiger charge is -2.30. The fraction of sp³-hybridized carbons (Fsp3) is 0.400. The summed E-state index contributed by atoms with van der Waals surface area (Å²) in [5, 5.41) is 8.23. The molecular weight excluding hydrogens is 422 g/mol. The van der Waals surface area contributed by atoms with Crippen LogP contribution in [0.3, 0.4) is 0 Å². The number of piperidine rings is 1. The van der Waals surface area contributed by atoms with Gasteiger partial charge in [0.25, 0.3) is 5.89 Å². The first-order valence-corrected chi connectivity index (χ1v) is 11.2. The predicted octanol–water partition coefficient (Wildman–Crippen LogP) is 2.42. The van der Waals surface area contributed by atoms with Crippen molar-refractivity contribution in [3.63, 3.8) is 0 Å².